The summed E-state index contributed by atoms with van der Waals surface area (Å²) >= 11 is 0. The molecular formula is C21H26N2O4. The maximum Gasteiger partial charge on any atom is 0.332 e. The van der Waals surface area contributed by atoms with E-state index in [1.54, 1.807) is 13.0 Å². The molecule has 0 spiro atoms. The highest BCUT2D eigenvalue weighted by molar-refractivity contribution is 6.00. The topological polar surface area (TPSA) is 91.4 Å². The first kappa shape index (κ1) is 20.4. The maximum absolute atomic E-state index is 12.9. The minimum atomic E-state index is -0.666. The molecule has 0 bridgehead atoms. The van der Waals surface area contributed by atoms with E-state index in [0.717, 1.165) is 23.1 Å². The van der Waals surface area contributed by atoms with Crippen molar-refractivity contribution in [3.63, 3.8) is 0 Å². The Bertz CT molecular complexity index is 856. The highest BCUT2D eigenvalue weighted by Crippen LogP contribution is 2.15. The second-order valence-corrected chi connectivity index (χ2v) is 6.39. The number of Topliss-reactive ketones (excluding diaryl/α,β-unsaturated/α-hetero) is 1. The minimum Gasteiger partial charge on any atom is -0.398 e. The van der Waals surface area contributed by atoms with Crippen molar-refractivity contribution in [2.24, 2.45) is 0 Å². The highest BCUT2D eigenvalue weighted by atomic mass is 16.7. The van der Waals surface area contributed by atoms with Crippen LogP contribution >= 0.6 is 0 Å². The Morgan fingerprint density at radius 2 is 1.81 bits per heavy atom. The van der Waals surface area contributed by atoms with Gasteiger partial charge in [-0.1, -0.05) is 50.6 Å². The Morgan fingerprint density at radius 3 is 2.44 bits per heavy atom. The molecule has 2 aromatic rings. The summed E-state index contributed by atoms with van der Waals surface area (Å²) in [7, 11) is 0. The molecule has 27 heavy (non-hydrogen) atoms. The summed E-state index contributed by atoms with van der Waals surface area (Å²) in [5.74, 6) is -0.896. The fourth-order valence-corrected chi connectivity index (χ4v) is 2.77. The lowest BCUT2D eigenvalue weighted by Gasteiger charge is -2.15. The van der Waals surface area contributed by atoms with Gasteiger partial charge in [0.1, 0.15) is 5.56 Å². The van der Waals surface area contributed by atoms with Gasteiger partial charge < -0.3 is 10.6 Å². The van der Waals surface area contributed by atoms with Crippen LogP contribution in [0.3, 0.4) is 0 Å². The van der Waals surface area contributed by atoms with Gasteiger partial charge in [-0.2, -0.15) is 0 Å². The lowest BCUT2D eigenvalue weighted by Crippen LogP contribution is -2.37. The summed E-state index contributed by atoms with van der Waals surface area (Å²) in [6, 6.07) is 11.1. The van der Waals surface area contributed by atoms with Crippen LogP contribution in [-0.4, -0.2) is 16.5 Å². The number of carbonyl (C=O) groups excluding carboxylic acids is 2. The van der Waals surface area contributed by atoms with Crippen molar-refractivity contribution in [3.8, 4) is 0 Å². The van der Waals surface area contributed by atoms with E-state index in [4.69, 9.17) is 10.6 Å². The Kier molecular flexibility index (Phi) is 7.34. The van der Waals surface area contributed by atoms with Crippen LogP contribution in [0.2, 0.25) is 0 Å². The van der Waals surface area contributed by atoms with Crippen molar-refractivity contribution in [1.82, 2.24) is 4.73 Å². The van der Waals surface area contributed by atoms with Crippen molar-refractivity contribution in [1.29, 1.82) is 0 Å². The van der Waals surface area contributed by atoms with E-state index in [1.165, 1.54) is 0 Å². The molecule has 0 saturated heterocycles. The number of nitrogens with two attached hydrogens (primary N) is 1. The van der Waals surface area contributed by atoms with E-state index < -0.39 is 11.5 Å². The monoisotopic (exact) mass is 370 g/mol. The van der Waals surface area contributed by atoms with Crippen LogP contribution in [0.4, 0.5) is 5.69 Å². The average Bonchev–Trinajstić information content (AvgIpc) is 2.67. The summed E-state index contributed by atoms with van der Waals surface area (Å²) < 4.78 is 0.938. The third kappa shape index (κ3) is 5.29. The molecule has 0 fully saturated rings. The van der Waals surface area contributed by atoms with Crippen LogP contribution in [0, 0.1) is 0 Å². The number of pyridine rings is 1. The number of rotatable bonds is 9. The van der Waals surface area contributed by atoms with E-state index in [2.05, 4.69) is 0 Å². The summed E-state index contributed by atoms with van der Waals surface area (Å²) in [5, 5.41) is 0. The second kappa shape index (κ2) is 9.71. The molecule has 0 aliphatic carbocycles. The van der Waals surface area contributed by atoms with E-state index in [0.29, 0.717) is 18.5 Å². The maximum atomic E-state index is 12.9. The molecule has 0 amide bonds. The van der Waals surface area contributed by atoms with Crippen LogP contribution < -0.4 is 16.1 Å². The zero-order chi connectivity index (χ0) is 19.8. The van der Waals surface area contributed by atoms with Gasteiger partial charge in [0.25, 0.3) is 5.56 Å². The lowest BCUT2D eigenvalue weighted by atomic mass is 10.0. The minimum absolute atomic E-state index is 0.116. The molecule has 0 atom stereocenters. The Labute approximate surface area is 158 Å². The molecule has 1 heterocycles. The van der Waals surface area contributed by atoms with Crippen molar-refractivity contribution in [2.75, 3.05) is 5.73 Å². The highest BCUT2D eigenvalue weighted by Gasteiger charge is 2.21. The van der Waals surface area contributed by atoms with E-state index in [-0.39, 0.29) is 29.9 Å². The number of ketones is 1. The fourth-order valence-electron chi connectivity index (χ4n) is 2.77. The Balaban J connectivity index is 2.34. The van der Waals surface area contributed by atoms with Crippen LogP contribution in [0.15, 0.2) is 41.2 Å². The van der Waals surface area contributed by atoms with Gasteiger partial charge in [0.2, 0.25) is 0 Å². The molecule has 144 valence electrons. The van der Waals surface area contributed by atoms with Gasteiger partial charge in [-0.15, -0.1) is 4.73 Å². The first-order valence-corrected chi connectivity index (χ1v) is 9.30. The summed E-state index contributed by atoms with van der Waals surface area (Å²) in [6.07, 6.45) is 3.04. The van der Waals surface area contributed by atoms with Gasteiger partial charge in [-0.05, 0) is 30.9 Å². The first-order valence-electron chi connectivity index (χ1n) is 9.30. The average molecular weight is 370 g/mol. The molecule has 6 heteroatoms. The zero-order valence-corrected chi connectivity index (χ0v) is 15.9. The molecule has 0 unspecified atom stereocenters. The predicted octanol–water partition coefficient (Wildman–Crippen LogP) is 2.95. The van der Waals surface area contributed by atoms with Crippen LogP contribution in [-0.2, 0) is 17.6 Å². The molecule has 0 radical (unpaired) electrons. The predicted molar refractivity (Wildman–Crippen MR) is 105 cm³/mol. The zero-order valence-electron chi connectivity index (χ0n) is 15.9. The molecule has 2 rings (SSSR count). The van der Waals surface area contributed by atoms with Gasteiger partial charge in [-0.25, -0.2) is 4.79 Å². The molecule has 0 aliphatic heterocycles. The third-order valence-corrected chi connectivity index (χ3v) is 4.30. The van der Waals surface area contributed by atoms with Crippen LogP contribution in [0.1, 0.15) is 61.1 Å². The number of carbonyl (C=O) groups is 2. The number of aromatic nitrogens is 1. The molecule has 1 aromatic carbocycles. The summed E-state index contributed by atoms with van der Waals surface area (Å²) in [6.45, 7) is 3.66. The summed E-state index contributed by atoms with van der Waals surface area (Å²) in [5.41, 5.74) is 6.87. The molecule has 0 saturated carbocycles. The smallest absolute Gasteiger partial charge is 0.332 e. The van der Waals surface area contributed by atoms with Gasteiger partial charge in [0, 0.05) is 18.5 Å². The van der Waals surface area contributed by atoms with Crippen molar-refractivity contribution >= 4 is 17.4 Å². The fraction of sp³-hybridized carbons (Fsp3) is 0.381. The molecule has 1 aromatic heterocycles. The lowest BCUT2D eigenvalue weighted by molar-refractivity contribution is -0.144. The van der Waals surface area contributed by atoms with Crippen molar-refractivity contribution < 1.29 is 14.4 Å². The van der Waals surface area contributed by atoms with Gasteiger partial charge in [0.05, 0.1) is 5.69 Å². The SMILES string of the molecule is CCCCc1cc(N)c(C(=O)CCc2ccccc2)c(=O)n1OC(=O)CC. The molecular weight excluding hydrogens is 344 g/mol. The Hall–Kier alpha value is -2.89. The van der Waals surface area contributed by atoms with Crippen LogP contribution in [0.5, 0.6) is 0 Å². The van der Waals surface area contributed by atoms with E-state index in [1.807, 2.05) is 37.3 Å². The van der Waals surface area contributed by atoms with Crippen LogP contribution in [0.25, 0.3) is 0 Å². The number of nitrogen functional groups attached to an aromatic ring is 1. The number of hydrogen-bond donors (Lipinski definition) is 1. The van der Waals surface area contributed by atoms with Crippen molar-refractivity contribution in [3.05, 3.63) is 63.6 Å². The Morgan fingerprint density at radius 1 is 1.11 bits per heavy atom. The number of unbranched alkanes of at least 4 members (excludes halogenated alkanes) is 1. The summed E-state index contributed by atoms with van der Waals surface area (Å²) in [4.78, 5) is 42.4. The number of benzene rings is 1. The number of nitrogens with zero attached hydrogens (tertiary/aromatic N) is 1. The standard InChI is InChI=1S/C21H26N2O4/c1-3-5-11-16-14-17(22)20(21(26)23(16)27-19(25)4-2)18(24)13-12-15-9-7-6-8-10-15/h6-10,14H,3-5,11-13,22H2,1-2H3. The van der Waals surface area contributed by atoms with E-state index in [9.17, 15) is 14.4 Å². The van der Waals surface area contributed by atoms with Gasteiger partial charge >= 0.3 is 5.97 Å². The van der Waals surface area contributed by atoms with Gasteiger partial charge in [0.15, 0.2) is 5.78 Å². The van der Waals surface area contributed by atoms with Gasteiger partial charge in [-0.3, -0.25) is 9.59 Å². The molecule has 0 aliphatic rings. The first-order chi connectivity index (χ1) is 13.0. The quantitative estimate of drug-likeness (QED) is 0.685. The van der Waals surface area contributed by atoms with E-state index >= 15 is 0 Å². The number of aryl methyl sites for hydroxylation is 2. The molecule has 6 nitrogen and oxygen atoms in total. The number of anilines is 1. The number of hydrogen-bond acceptors (Lipinski definition) is 5. The molecule has 2 N–H and O–H groups in total. The van der Waals surface area contributed by atoms with Crippen molar-refractivity contribution in [2.45, 2.75) is 52.4 Å². The third-order valence-electron chi connectivity index (χ3n) is 4.30. The largest absolute Gasteiger partial charge is 0.398 e. The normalized spacial score (nSPS) is 10.6. The second-order valence-electron chi connectivity index (χ2n) is 6.39.